The van der Waals surface area contributed by atoms with Crippen LogP contribution in [0.2, 0.25) is 0 Å². The number of anilines is 1. The lowest BCUT2D eigenvalue weighted by atomic mass is 10.1. The van der Waals surface area contributed by atoms with E-state index in [1.165, 1.54) is 4.57 Å². The Kier molecular flexibility index (Phi) is 7.95. The first kappa shape index (κ1) is 26.9. The summed E-state index contributed by atoms with van der Waals surface area (Å²) >= 11 is 0. The number of amides is 1. The maximum Gasteiger partial charge on any atom is 0.430 e. The van der Waals surface area contributed by atoms with E-state index in [0.29, 0.717) is 34.8 Å². The molecular formula is C29H28N6O4. The number of nitrogens with one attached hydrogen (secondary N) is 1. The van der Waals surface area contributed by atoms with E-state index >= 15 is 0 Å². The molecule has 0 aliphatic rings. The van der Waals surface area contributed by atoms with Gasteiger partial charge >= 0.3 is 17.1 Å². The van der Waals surface area contributed by atoms with Crippen LogP contribution < -0.4 is 22.4 Å². The van der Waals surface area contributed by atoms with Gasteiger partial charge in [0.15, 0.2) is 0 Å². The van der Waals surface area contributed by atoms with E-state index < -0.39 is 11.4 Å². The summed E-state index contributed by atoms with van der Waals surface area (Å²) in [6.07, 6.45) is 3.85. The first-order chi connectivity index (χ1) is 18.8. The molecule has 4 aromatic rings. The number of benzene rings is 3. The molecule has 0 saturated heterocycles. The number of rotatable bonds is 7. The molecule has 10 nitrogen and oxygen atoms in total. The summed E-state index contributed by atoms with van der Waals surface area (Å²) in [5.41, 5.74) is 4.49. The van der Waals surface area contributed by atoms with Gasteiger partial charge in [-0.05, 0) is 87.7 Å². The minimum atomic E-state index is -0.914. The Morgan fingerprint density at radius 1 is 0.769 bits per heavy atom. The Labute approximate surface area is 224 Å². The van der Waals surface area contributed by atoms with E-state index in [2.05, 4.69) is 20.3 Å². The van der Waals surface area contributed by atoms with Crippen molar-refractivity contribution in [2.45, 2.75) is 34.6 Å². The smallest absolute Gasteiger partial charge is 0.374 e. The van der Waals surface area contributed by atoms with Gasteiger partial charge in [-0.1, -0.05) is 18.2 Å². The molecule has 3 aromatic carbocycles. The van der Waals surface area contributed by atoms with Crippen LogP contribution in [0.25, 0.3) is 11.4 Å². The lowest BCUT2D eigenvalue weighted by Gasteiger charge is -2.13. The Morgan fingerprint density at radius 3 is 2.00 bits per heavy atom. The van der Waals surface area contributed by atoms with E-state index in [1.807, 2.05) is 26.8 Å². The molecule has 1 amide bonds. The molecule has 0 bridgehead atoms. The topological polar surface area (TPSA) is 123 Å². The second-order valence-corrected chi connectivity index (χ2v) is 8.69. The number of aliphatic imine (C=N–C) groups is 2. The van der Waals surface area contributed by atoms with Crippen molar-refractivity contribution in [3.8, 4) is 11.4 Å². The standard InChI is InChI=1S/C29H28N6O4/c1-6-30-24-14-21(11-8-18(24)3)33-27-34(22-12-9-20(5)26(15-22)32-17-36)28(37)35(29(38)39-27)23-13-10-19(4)25(16-23)31-7-2/h6-17H,1-5H3,(H,32,36). The predicted octanol–water partition coefficient (Wildman–Crippen LogP) is 4.75. The Bertz CT molecular complexity index is 1810. The highest BCUT2D eigenvalue weighted by Crippen LogP contribution is 2.25. The highest BCUT2D eigenvalue weighted by atomic mass is 16.4. The second kappa shape index (κ2) is 11.5. The van der Waals surface area contributed by atoms with Crippen molar-refractivity contribution in [3.05, 3.63) is 98.0 Å². The molecule has 10 heteroatoms. The maximum atomic E-state index is 14.0. The van der Waals surface area contributed by atoms with Crippen LogP contribution in [0, 0.1) is 20.8 Å². The van der Waals surface area contributed by atoms with Crippen LogP contribution in [0.4, 0.5) is 22.7 Å². The summed E-state index contributed by atoms with van der Waals surface area (Å²) in [5.74, 6) is -0.914. The zero-order chi connectivity index (χ0) is 28.1. The van der Waals surface area contributed by atoms with Crippen LogP contribution in [0.15, 0.2) is 83.6 Å². The Balaban J connectivity index is 2.08. The van der Waals surface area contributed by atoms with Gasteiger partial charge in [0, 0.05) is 18.1 Å². The molecule has 0 radical (unpaired) electrons. The average molecular weight is 525 g/mol. The summed E-state index contributed by atoms with van der Waals surface area (Å²) < 4.78 is 7.76. The lowest BCUT2D eigenvalue weighted by molar-refractivity contribution is -0.105. The second-order valence-electron chi connectivity index (χ2n) is 8.69. The van der Waals surface area contributed by atoms with Crippen LogP contribution in [0.5, 0.6) is 0 Å². The normalized spacial score (nSPS) is 12.0. The molecular weight excluding hydrogens is 496 g/mol. The highest BCUT2D eigenvalue weighted by Gasteiger charge is 2.16. The lowest BCUT2D eigenvalue weighted by Crippen LogP contribution is -2.45. The van der Waals surface area contributed by atoms with Crippen LogP contribution in [-0.2, 0) is 4.79 Å². The van der Waals surface area contributed by atoms with Gasteiger partial charge in [-0.2, -0.15) is 9.56 Å². The zero-order valence-electron chi connectivity index (χ0n) is 22.3. The molecule has 0 aliphatic heterocycles. The van der Waals surface area contributed by atoms with Crippen molar-refractivity contribution in [2.24, 2.45) is 15.0 Å². The van der Waals surface area contributed by atoms with E-state index in [-0.39, 0.29) is 11.4 Å². The fourth-order valence-corrected chi connectivity index (χ4v) is 3.98. The number of aryl methyl sites for hydroxylation is 3. The largest absolute Gasteiger partial charge is 0.430 e. The molecule has 0 unspecified atom stereocenters. The van der Waals surface area contributed by atoms with Gasteiger partial charge < -0.3 is 9.73 Å². The number of carbonyl (C=O) groups is 1. The number of carbonyl (C=O) groups excluding carboxylic acids is 1. The molecule has 0 aliphatic carbocycles. The van der Waals surface area contributed by atoms with E-state index in [1.54, 1.807) is 74.8 Å². The molecule has 198 valence electrons. The molecule has 0 spiro atoms. The van der Waals surface area contributed by atoms with E-state index in [4.69, 9.17) is 4.42 Å². The third kappa shape index (κ3) is 5.59. The fraction of sp³-hybridized carbons (Fsp3) is 0.172. The van der Waals surface area contributed by atoms with Gasteiger partial charge in [-0.15, -0.1) is 0 Å². The minimum Gasteiger partial charge on any atom is -0.374 e. The third-order valence-electron chi connectivity index (χ3n) is 6.03. The van der Waals surface area contributed by atoms with Crippen molar-refractivity contribution in [1.29, 1.82) is 0 Å². The molecule has 0 fully saturated rings. The maximum absolute atomic E-state index is 14.0. The zero-order valence-corrected chi connectivity index (χ0v) is 22.3. The minimum absolute atomic E-state index is 0.239. The Morgan fingerprint density at radius 2 is 1.36 bits per heavy atom. The van der Waals surface area contributed by atoms with Crippen LogP contribution >= 0.6 is 0 Å². The summed E-state index contributed by atoms with van der Waals surface area (Å²) in [5, 5.41) is 2.63. The average Bonchev–Trinajstić information content (AvgIpc) is 2.90. The van der Waals surface area contributed by atoms with Gasteiger partial charge in [0.1, 0.15) is 0 Å². The van der Waals surface area contributed by atoms with Gasteiger partial charge in [0.05, 0.1) is 28.4 Å². The van der Waals surface area contributed by atoms with E-state index in [0.717, 1.165) is 21.3 Å². The molecule has 0 saturated carbocycles. The Hall–Kier alpha value is -5.12. The van der Waals surface area contributed by atoms with Gasteiger partial charge in [-0.3, -0.25) is 14.8 Å². The monoisotopic (exact) mass is 524 g/mol. The van der Waals surface area contributed by atoms with Crippen molar-refractivity contribution in [2.75, 3.05) is 5.32 Å². The van der Waals surface area contributed by atoms with Gasteiger partial charge in [0.25, 0.3) is 0 Å². The predicted molar refractivity (Wildman–Crippen MR) is 153 cm³/mol. The van der Waals surface area contributed by atoms with Crippen LogP contribution in [-0.4, -0.2) is 28.0 Å². The van der Waals surface area contributed by atoms with Crippen molar-refractivity contribution in [3.63, 3.8) is 0 Å². The molecule has 4 rings (SSSR count). The SMILES string of the molecule is CC=Nc1cc(N=c2oc(=O)n(-c3ccc(C)c(N=CC)c3)c(=O)n2-c2ccc(C)c(NC=O)c2)ccc1C. The molecule has 1 heterocycles. The molecule has 1 N–H and O–H groups in total. The molecule has 1 aromatic heterocycles. The first-order valence-electron chi connectivity index (χ1n) is 12.2. The quantitative estimate of drug-likeness (QED) is 0.277. The van der Waals surface area contributed by atoms with Crippen molar-refractivity contribution >= 4 is 41.6 Å². The van der Waals surface area contributed by atoms with Crippen LogP contribution in [0.3, 0.4) is 0 Å². The molecule has 0 atom stereocenters. The summed E-state index contributed by atoms with van der Waals surface area (Å²) in [6.45, 7) is 9.20. The summed E-state index contributed by atoms with van der Waals surface area (Å²) in [6, 6.07) is 15.4. The van der Waals surface area contributed by atoms with Crippen LogP contribution in [0.1, 0.15) is 30.5 Å². The first-order valence-corrected chi connectivity index (χ1v) is 12.2. The molecule has 39 heavy (non-hydrogen) atoms. The summed E-state index contributed by atoms with van der Waals surface area (Å²) in [4.78, 5) is 51.6. The summed E-state index contributed by atoms with van der Waals surface area (Å²) in [7, 11) is 0. The van der Waals surface area contributed by atoms with Gasteiger partial charge in [-0.25, -0.2) is 14.2 Å². The number of hydrogen-bond acceptors (Lipinski definition) is 7. The third-order valence-corrected chi connectivity index (χ3v) is 6.03. The number of hydrogen-bond donors (Lipinski definition) is 1. The van der Waals surface area contributed by atoms with Gasteiger partial charge in [0.2, 0.25) is 6.41 Å². The number of aromatic nitrogens is 2. The van der Waals surface area contributed by atoms with Crippen molar-refractivity contribution < 1.29 is 9.21 Å². The van der Waals surface area contributed by atoms with E-state index in [9.17, 15) is 14.4 Å². The highest BCUT2D eigenvalue weighted by molar-refractivity contribution is 5.74. The fourth-order valence-electron chi connectivity index (χ4n) is 3.98. The number of nitrogens with zero attached hydrogens (tertiary/aromatic N) is 5. The van der Waals surface area contributed by atoms with Crippen molar-refractivity contribution in [1.82, 2.24) is 9.13 Å².